The van der Waals surface area contributed by atoms with E-state index < -0.39 is 0 Å². The van der Waals surface area contributed by atoms with Gasteiger partial charge in [0, 0.05) is 22.8 Å². The van der Waals surface area contributed by atoms with Crippen molar-refractivity contribution >= 4 is 22.7 Å². The maximum absolute atomic E-state index is 5.86. The van der Waals surface area contributed by atoms with Crippen LogP contribution in [0.25, 0.3) is 27.6 Å². The van der Waals surface area contributed by atoms with Crippen molar-refractivity contribution in [3.8, 4) is 22.0 Å². The lowest BCUT2D eigenvalue weighted by Crippen LogP contribution is -1.89. The van der Waals surface area contributed by atoms with Crippen molar-refractivity contribution in [3.63, 3.8) is 0 Å². The molecule has 0 aliphatic heterocycles. The highest BCUT2D eigenvalue weighted by Gasteiger charge is 2.14. The van der Waals surface area contributed by atoms with Gasteiger partial charge in [0.25, 0.3) is 0 Å². The zero-order valence-corrected chi connectivity index (χ0v) is 12.8. The molecule has 0 atom stereocenters. The van der Waals surface area contributed by atoms with Gasteiger partial charge in [0.1, 0.15) is 16.3 Å². The minimum Gasteiger partial charge on any atom is -0.399 e. The molecule has 2 N–H and O–H groups in total. The molecule has 0 amide bonds. The van der Waals surface area contributed by atoms with Crippen LogP contribution >= 0.6 is 11.3 Å². The number of rotatable bonds is 2. The second kappa shape index (κ2) is 4.96. The second-order valence-electron chi connectivity index (χ2n) is 5.14. The summed E-state index contributed by atoms with van der Waals surface area (Å²) in [5.41, 5.74) is 11.6. The lowest BCUT2D eigenvalue weighted by Gasteiger charge is -2.00. The van der Waals surface area contributed by atoms with Gasteiger partial charge in [0.15, 0.2) is 0 Å². The van der Waals surface area contributed by atoms with Crippen LogP contribution < -0.4 is 5.73 Å². The van der Waals surface area contributed by atoms with E-state index in [0.29, 0.717) is 0 Å². The van der Waals surface area contributed by atoms with Gasteiger partial charge in [-0.25, -0.2) is 9.97 Å². The molecule has 0 saturated heterocycles. The third-order valence-electron chi connectivity index (χ3n) is 3.58. The minimum atomic E-state index is 0.750. The number of fused-ring (bicyclic) bond motifs is 1. The van der Waals surface area contributed by atoms with Crippen molar-refractivity contribution in [2.45, 2.75) is 6.92 Å². The number of benzene rings is 1. The molecule has 4 nitrogen and oxygen atoms in total. The van der Waals surface area contributed by atoms with E-state index >= 15 is 0 Å². The monoisotopic (exact) mass is 306 g/mol. The molecule has 0 saturated carbocycles. The number of imidazole rings is 1. The topological polar surface area (TPSA) is 56.2 Å². The quantitative estimate of drug-likeness (QED) is 0.569. The number of nitrogens with two attached hydrogens (primary N) is 1. The van der Waals surface area contributed by atoms with Crippen LogP contribution in [0.5, 0.6) is 0 Å². The second-order valence-corrected chi connectivity index (χ2v) is 6.00. The van der Waals surface area contributed by atoms with E-state index in [0.717, 1.165) is 39.0 Å². The summed E-state index contributed by atoms with van der Waals surface area (Å²) in [5, 5.41) is 3.04. The number of hydrogen-bond acceptors (Lipinski definition) is 4. The van der Waals surface area contributed by atoms with Gasteiger partial charge in [0.05, 0.1) is 11.4 Å². The summed E-state index contributed by atoms with van der Waals surface area (Å²) >= 11 is 1.62. The van der Waals surface area contributed by atoms with Gasteiger partial charge in [-0.3, -0.25) is 4.40 Å². The van der Waals surface area contributed by atoms with E-state index in [1.54, 1.807) is 11.3 Å². The van der Waals surface area contributed by atoms with Crippen LogP contribution in [0.1, 0.15) is 5.69 Å². The van der Waals surface area contributed by atoms with Crippen LogP contribution in [0.3, 0.4) is 0 Å². The Hall–Kier alpha value is -2.66. The van der Waals surface area contributed by atoms with Gasteiger partial charge in [0.2, 0.25) is 0 Å². The maximum atomic E-state index is 5.86. The number of anilines is 1. The largest absolute Gasteiger partial charge is 0.399 e. The first-order valence-electron chi connectivity index (χ1n) is 6.98. The zero-order valence-electron chi connectivity index (χ0n) is 12.0. The molecular formula is C17H14N4S. The summed E-state index contributed by atoms with van der Waals surface area (Å²) in [5.74, 6) is 0. The first kappa shape index (κ1) is 13.0. The number of hydrogen-bond donors (Lipinski definition) is 1. The fourth-order valence-corrected chi connectivity index (χ4v) is 3.41. The zero-order chi connectivity index (χ0) is 15.1. The fraction of sp³-hybridized carbons (Fsp3) is 0.0588. The lowest BCUT2D eigenvalue weighted by molar-refractivity contribution is 1.17. The van der Waals surface area contributed by atoms with E-state index in [2.05, 4.69) is 14.8 Å². The molecule has 5 heteroatoms. The predicted molar refractivity (Wildman–Crippen MR) is 90.9 cm³/mol. The Bertz CT molecular complexity index is 968. The smallest absolute Gasteiger partial charge is 0.137 e. The van der Waals surface area contributed by atoms with Crippen LogP contribution in [-0.4, -0.2) is 14.4 Å². The molecule has 0 bridgehead atoms. The minimum absolute atomic E-state index is 0.750. The highest BCUT2D eigenvalue weighted by atomic mass is 32.1. The molecular weight excluding hydrogens is 292 g/mol. The number of nitrogens with zero attached hydrogens (tertiary/aromatic N) is 3. The van der Waals surface area contributed by atoms with Crippen molar-refractivity contribution in [2.24, 2.45) is 0 Å². The van der Waals surface area contributed by atoms with E-state index in [9.17, 15) is 0 Å². The number of nitrogen functional groups attached to an aromatic ring is 1. The molecule has 0 aliphatic rings. The van der Waals surface area contributed by atoms with Crippen LogP contribution in [0.2, 0.25) is 0 Å². The molecule has 0 spiro atoms. The van der Waals surface area contributed by atoms with Gasteiger partial charge in [-0.15, -0.1) is 11.3 Å². The maximum Gasteiger partial charge on any atom is 0.137 e. The molecule has 4 rings (SSSR count). The SMILES string of the molecule is Cc1nc2ccccn2c1-c1csc(-c2cccc(N)c2)n1. The van der Waals surface area contributed by atoms with E-state index in [1.807, 2.05) is 55.6 Å². The molecule has 0 radical (unpaired) electrons. The summed E-state index contributed by atoms with van der Waals surface area (Å²) in [7, 11) is 0. The van der Waals surface area contributed by atoms with Crippen molar-refractivity contribution in [2.75, 3.05) is 5.73 Å². The van der Waals surface area contributed by atoms with E-state index in [-0.39, 0.29) is 0 Å². The van der Waals surface area contributed by atoms with E-state index in [4.69, 9.17) is 10.7 Å². The molecule has 0 aliphatic carbocycles. The van der Waals surface area contributed by atoms with Crippen LogP contribution in [0.4, 0.5) is 5.69 Å². The van der Waals surface area contributed by atoms with E-state index in [1.165, 1.54) is 0 Å². The molecule has 4 aromatic rings. The average Bonchev–Trinajstić information content (AvgIpc) is 3.10. The van der Waals surface area contributed by atoms with Crippen molar-refractivity contribution in [1.29, 1.82) is 0 Å². The first-order chi connectivity index (χ1) is 10.7. The highest BCUT2D eigenvalue weighted by molar-refractivity contribution is 7.13. The fourth-order valence-electron chi connectivity index (χ4n) is 2.61. The Kier molecular flexibility index (Phi) is 2.94. The third kappa shape index (κ3) is 2.07. The van der Waals surface area contributed by atoms with Crippen LogP contribution in [0, 0.1) is 6.92 Å². The lowest BCUT2D eigenvalue weighted by atomic mass is 10.2. The summed E-state index contributed by atoms with van der Waals surface area (Å²) < 4.78 is 2.08. The molecule has 0 unspecified atom stereocenters. The van der Waals surface area contributed by atoms with Gasteiger partial charge in [-0.2, -0.15) is 0 Å². The number of aryl methyl sites for hydroxylation is 1. The van der Waals surface area contributed by atoms with Gasteiger partial charge >= 0.3 is 0 Å². The Labute approximate surface area is 131 Å². The predicted octanol–water partition coefficient (Wildman–Crippen LogP) is 4.02. The first-order valence-corrected chi connectivity index (χ1v) is 7.86. The number of pyridine rings is 1. The van der Waals surface area contributed by atoms with Crippen LogP contribution in [-0.2, 0) is 0 Å². The average molecular weight is 306 g/mol. The number of thiazole rings is 1. The normalized spacial score (nSPS) is 11.1. The Morgan fingerprint density at radius 1 is 1.09 bits per heavy atom. The summed E-state index contributed by atoms with van der Waals surface area (Å²) in [6.07, 6.45) is 2.02. The highest BCUT2D eigenvalue weighted by Crippen LogP contribution is 2.31. The van der Waals surface area contributed by atoms with Crippen molar-refractivity contribution < 1.29 is 0 Å². The third-order valence-corrected chi connectivity index (χ3v) is 4.48. The van der Waals surface area contributed by atoms with Crippen molar-refractivity contribution in [1.82, 2.24) is 14.4 Å². The standard InChI is InChI=1S/C17H14N4S/c1-11-16(21-8-3-2-7-15(21)19-11)14-10-22-17(20-14)12-5-4-6-13(18)9-12/h2-10H,18H2,1H3. The number of aromatic nitrogens is 3. The molecule has 1 aromatic carbocycles. The molecule has 3 heterocycles. The Balaban J connectivity index is 1.85. The van der Waals surface area contributed by atoms with Gasteiger partial charge in [-0.05, 0) is 31.2 Å². The molecule has 0 fully saturated rings. The molecule has 3 aromatic heterocycles. The summed E-state index contributed by atoms with van der Waals surface area (Å²) in [6.45, 7) is 2.02. The van der Waals surface area contributed by atoms with Crippen LogP contribution in [0.15, 0.2) is 54.0 Å². The summed E-state index contributed by atoms with van der Waals surface area (Å²) in [4.78, 5) is 9.37. The summed E-state index contributed by atoms with van der Waals surface area (Å²) in [6, 6.07) is 13.8. The molecule has 108 valence electrons. The van der Waals surface area contributed by atoms with Gasteiger partial charge in [-0.1, -0.05) is 18.2 Å². The molecule has 22 heavy (non-hydrogen) atoms. The van der Waals surface area contributed by atoms with Crippen molar-refractivity contribution in [3.05, 3.63) is 59.7 Å². The van der Waals surface area contributed by atoms with Gasteiger partial charge < -0.3 is 5.73 Å². The Morgan fingerprint density at radius 3 is 2.86 bits per heavy atom. The Morgan fingerprint density at radius 2 is 2.00 bits per heavy atom.